The average Bonchev–Trinajstić information content (AvgIpc) is 2.87. The molecule has 0 aromatic heterocycles. The van der Waals surface area contributed by atoms with Gasteiger partial charge in [-0.25, -0.2) is 0 Å². The highest BCUT2D eigenvalue weighted by atomic mass is 16.3. The van der Waals surface area contributed by atoms with Crippen LogP contribution in [0.3, 0.4) is 0 Å². The van der Waals surface area contributed by atoms with Crippen molar-refractivity contribution in [2.45, 2.75) is 38.8 Å². The van der Waals surface area contributed by atoms with E-state index in [2.05, 4.69) is 0 Å². The second-order valence-corrected chi connectivity index (χ2v) is 4.46. The normalized spacial score (nSPS) is 17.9. The Morgan fingerprint density at radius 1 is 1.53 bits per heavy atom. The second kappa shape index (κ2) is 5.47. The fraction of sp³-hybridized carbons (Fsp3) is 0.909. The lowest BCUT2D eigenvalue weighted by Crippen LogP contribution is -2.41. The smallest absolute Gasteiger partial charge is 0.236 e. The predicted molar refractivity (Wildman–Crippen MR) is 59.6 cm³/mol. The lowest BCUT2D eigenvalue weighted by atomic mass is 10.3. The summed E-state index contributed by atoms with van der Waals surface area (Å²) in [4.78, 5) is 15.7. The summed E-state index contributed by atoms with van der Waals surface area (Å²) in [6, 6.07) is 0.488. The van der Waals surface area contributed by atoms with Crippen LogP contribution >= 0.6 is 0 Å². The molecule has 1 N–H and O–H groups in total. The lowest BCUT2D eigenvalue weighted by Gasteiger charge is -2.24. The molecule has 1 aliphatic rings. The van der Waals surface area contributed by atoms with Crippen molar-refractivity contribution in [3.63, 3.8) is 0 Å². The second-order valence-electron chi connectivity index (χ2n) is 4.46. The minimum absolute atomic E-state index is 0.183. The highest BCUT2D eigenvalue weighted by molar-refractivity contribution is 5.78. The van der Waals surface area contributed by atoms with Crippen molar-refractivity contribution in [3.8, 4) is 0 Å². The molecule has 1 aliphatic carbocycles. The largest absolute Gasteiger partial charge is 0.392 e. The van der Waals surface area contributed by atoms with E-state index < -0.39 is 0 Å². The van der Waals surface area contributed by atoms with E-state index in [9.17, 15) is 9.90 Å². The predicted octanol–water partition coefficient (Wildman–Crippen LogP) is 0.310. The van der Waals surface area contributed by atoms with Crippen molar-refractivity contribution >= 4 is 5.91 Å². The summed E-state index contributed by atoms with van der Waals surface area (Å²) in [7, 11) is 1.87. The van der Waals surface area contributed by atoms with Gasteiger partial charge in [-0.15, -0.1) is 0 Å². The van der Waals surface area contributed by atoms with E-state index in [0.717, 1.165) is 19.4 Å². The Morgan fingerprint density at radius 2 is 2.13 bits per heavy atom. The van der Waals surface area contributed by atoms with Gasteiger partial charge in [0.15, 0.2) is 0 Å². The van der Waals surface area contributed by atoms with E-state index in [-0.39, 0.29) is 12.0 Å². The minimum Gasteiger partial charge on any atom is -0.392 e. The van der Waals surface area contributed by atoms with Crippen molar-refractivity contribution in [3.05, 3.63) is 0 Å². The molecular formula is C11H22N2O2. The van der Waals surface area contributed by atoms with Crippen LogP contribution in [0.1, 0.15) is 26.7 Å². The Labute approximate surface area is 91.9 Å². The molecule has 1 amide bonds. The van der Waals surface area contributed by atoms with Crippen molar-refractivity contribution in [2.24, 2.45) is 0 Å². The van der Waals surface area contributed by atoms with Gasteiger partial charge in [0.05, 0.1) is 12.6 Å². The summed E-state index contributed by atoms with van der Waals surface area (Å²) in [5.41, 5.74) is 0. The van der Waals surface area contributed by atoms with Crippen molar-refractivity contribution in [1.82, 2.24) is 9.80 Å². The highest BCUT2D eigenvalue weighted by Crippen LogP contribution is 2.26. The molecule has 0 radical (unpaired) electrons. The lowest BCUT2D eigenvalue weighted by molar-refractivity contribution is -0.132. The fourth-order valence-electron chi connectivity index (χ4n) is 1.86. The summed E-state index contributed by atoms with van der Waals surface area (Å²) in [5, 5.41) is 9.19. The molecule has 1 fully saturated rings. The van der Waals surface area contributed by atoms with E-state index in [0.29, 0.717) is 19.1 Å². The molecule has 1 saturated carbocycles. The third kappa shape index (κ3) is 4.18. The maximum absolute atomic E-state index is 11.9. The molecular weight excluding hydrogens is 192 g/mol. The van der Waals surface area contributed by atoms with Gasteiger partial charge in [-0.05, 0) is 33.7 Å². The zero-order valence-corrected chi connectivity index (χ0v) is 9.94. The Hall–Kier alpha value is -0.610. The molecule has 0 saturated heterocycles. The third-order valence-electron chi connectivity index (χ3n) is 2.63. The third-order valence-corrected chi connectivity index (χ3v) is 2.63. The molecule has 15 heavy (non-hydrogen) atoms. The van der Waals surface area contributed by atoms with Crippen LogP contribution in [0.5, 0.6) is 0 Å². The van der Waals surface area contributed by atoms with Gasteiger partial charge in [-0.3, -0.25) is 9.69 Å². The summed E-state index contributed by atoms with van der Waals surface area (Å²) in [5.74, 6) is 0.183. The van der Waals surface area contributed by atoms with Crippen molar-refractivity contribution in [1.29, 1.82) is 0 Å². The van der Waals surface area contributed by atoms with Crippen LogP contribution in [-0.4, -0.2) is 59.6 Å². The minimum atomic E-state index is -0.376. The van der Waals surface area contributed by atoms with Gasteiger partial charge in [0.1, 0.15) is 0 Å². The molecule has 0 spiro atoms. The molecule has 1 atom stereocenters. The zero-order valence-electron chi connectivity index (χ0n) is 9.94. The first-order chi connectivity index (χ1) is 7.04. The molecule has 0 aromatic rings. The number of hydrogen-bond donors (Lipinski definition) is 1. The van der Waals surface area contributed by atoms with Gasteiger partial charge in [-0.2, -0.15) is 0 Å². The number of amides is 1. The Kier molecular flexibility index (Phi) is 4.54. The maximum atomic E-state index is 11.9. The number of aliphatic hydroxyl groups is 1. The van der Waals surface area contributed by atoms with E-state index in [1.807, 2.05) is 23.8 Å². The fourth-order valence-corrected chi connectivity index (χ4v) is 1.86. The molecule has 4 heteroatoms. The standard InChI is InChI=1S/C11H22N2O2/c1-4-13(10-5-6-10)11(15)8-12(3)7-9(2)14/h9-10,14H,4-8H2,1-3H3. The van der Waals surface area contributed by atoms with Gasteiger partial charge in [-0.1, -0.05) is 0 Å². The molecule has 1 unspecified atom stereocenters. The Morgan fingerprint density at radius 3 is 2.53 bits per heavy atom. The van der Waals surface area contributed by atoms with E-state index >= 15 is 0 Å². The number of carbonyl (C=O) groups is 1. The van der Waals surface area contributed by atoms with Crippen LogP contribution in [0.4, 0.5) is 0 Å². The van der Waals surface area contributed by atoms with Gasteiger partial charge in [0, 0.05) is 19.1 Å². The summed E-state index contributed by atoms with van der Waals surface area (Å²) >= 11 is 0. The summed E-state index contributed by atoms with van der Waals surface area (Å²) in [6.07, 6.45) is 1.93. The SMILES string of the molecule is CCN(C(=O)CN(C)CC(C)O)C1CC1. The quantitative estimate of drug-likeness (QED) is 0.692. The highest BCUT2D eigenvalue weighted by Gasteiger charge is 2.31. The number of likely N-dealkylation sites (N-methyl/N-ethyl adjacent to an activating group) is 2. The molecule has 88 valence electrons. The van der Waals surface area contributed by atoms with Gasteiger partial charge < -0.3 is 10.0 Å². The van der Waals surface area contributed by atoms with Gasteiger partial charge in [0.2, 0.25) is 5.91 Å². The monoisotopic (exact) mass is 214 g/mol. The van der Waals surface area contributed by atoms with Gasteiger partial charge >= 0.3 is 0 Å². The Balaban J connectivity index is 2.32. The van der Waals surface area contributed by atoms with Gasteiger partial charge in [0.25, 0.3) is 0 Å². The summed E-state index contributed by atoms with van der Waals surface area (Å²) < 4.78 is 0. The first kappa shape index (κ1) is 12.5. The molecule has 0 aliphatic heterocycles. The van der Waals surface area contributed by atoms with Crippen LogP contribution in [0.2, 0.25) is 0 Å². The first-order valence-corrected chi connectivity index (χ1v) is 5.70. The molecule has 4 nitrogen and oxygen atoms in total. The zero-order chi connectivity index (χ0) is 11.4. The number of nitrogens with zero attached hydrogens (tertiary/aromatic N) is 2. The van der Waals surface area contributed by atoms with Crippen molar-refractivity contribution < 1.29 is 9.90 Å². The number of hydrogen-bond acceptors (Lipinski definition) is 3. The molecule has 0 bridgehead atoms. The first-order valence-electron chi connectivity index (χ1n) is 5.70. The van der Waals surface area contributed by atoms with E-state index in [1.54, 1.807) is 6.92 Å². The van der Waals surface area contributed by atoms with E-state index in [1.165, 1.54) is 0 Å². The number of carbonyl (C=O) groups excluding carboxylic acids is 1. The summed E-state index contributed by atoms with van der Waals surface area (Å²) in [6.45, 7) is 5.51. The molecule has 1 rings (SSSR count). The van der Waals surface area contributed by atoms with Crippen LogP contribution in [0, 0.1) is 0 Å². The topological polar surface area (TPSA) is 43.8 Å². The van der Waals surface area contributed by atoms with Crippen LogP contribution in [0.25, 0.3) is 0 Å². The van der Waals surface area contributed by atoms with Crippen LogP contribution < -0.4 is 0 Å². The molecule has 0 heterocycles. The van der Waals surface area contributed by atoms with E-state index in [4.69, 9.17) is 0 Å². The van der Waals surface area contributed by atoms with Crippen LogP contribution in [-0.2, 0) is 4.79 Å². The number of rotatable bonds is 6. The van der Waals surface area contributed by atoms with Crippen LogP contribution in [0.15, 0.2) is 0 Å². The Bertz CT molecular complexity index is 215. The molecule has 0 aromatic carbocycles. The van der Waals surface area contributed by atoms with Crippen molar-refractivity contribution in [2.75, 3.05) is 26.7 Å². The average molecular weight is 214 g/mol. The number of aliphatic hydroxyl groups excluding tert-OH is 1. The maximum Gasteiger partial charge on any atom is 0.236 e.